The summed E-state index contributed by atoms with van der Waals surface area (Å²) in [6, 6.07) is 4.83. The van der Waals surface area contributed by atoms with Crippen LogP contribution in [0.2, 0.25) is 0 Å². The Morgan fingerprint density at radius 2 is 1.94 bits per heavy atom. The van der Waals surface area contributed by atoms with Crippen LogP contribution in [0.3, 0.4) is 0 Å². The predicted molar refractivity (Wildman–Crippen MR) is 70.1 cm³/mol. The Labute approximate surface area is 109 Å². The summed E-state index contributed by atoms with van der Waals surface area (Å²) < 4.78 is 0.782. The summed E-state index contributed by atoms with van der Waals surface area (Å²) in [7, 11) is 0. The van der Waals surface area contributed by atoms with Gasteiger partial charge >= 0.3 is 0 Å². The Morgan fingerprint density at radius 3 is 2.35 bits per heavy atom. The van der Waals surface area contributed by atoms with E-state index in [0.717, 1.165) is 4.47 Å². The number of aliphatic hydroxyl groups is 1. The molecule has 0 aromatic heterocycles. The molecular formula is C12H16BrNO3. The van der Waals surface area contributed by atoms with Crippen molar-refractivity contribution >= 4 is 21.6 Å². The lowest BCUT2D eigenvalue weighted by Gasteiger charge is -2.24. The third kappa shape index (κ3) is 3.26. The zero-order valence-corrected chi connectivity index (χ0v) is 11.6. The fraction of sp³-hybridized carbons (Fsp3) is 0.500. The van der Waals surface area contributed by atoms with Gasteiger partial charge in [-0.2, -0.15) is 0 Å². The van der Waals surface area contributed by atoms with E-state index >= 15 is 0 Å². The first-order valence-corrected chi connectivity index (χ1v) is 6.25. The minimum absolute atomic E-state index is 0.0628. The number of hydrogen-bond donors (Lipinski definition) is 1. The third-order valence-electron chi connectivity index (χ3n) is 2.78. The molecule has 1 aromatic rings. The van der Waals surface area contributed by atoms with Gasteiger partial charge in [0.05, 0.1) is 11.0 Å². The summed E-state index contributed by atoms with van der Waals surface area (Å²) >= 11 is 3.31. The molecule has 0 saturated heterocycles. The van der Waals surface area contributed by atoms with E-state index < -0.39 is 11.0 Å². The second-order valence-corrected chi connectivity index (χ2v) is 5.39. The van der Waals surface area contributed by atoms with Gasteiger partial charge in [0.1, 0.15) is 0 Å². The van der Waals surface area contributed by atoms with E-state index in [1.807, 2.05) is 13.8 Å². The molecule has 1 rings (SSSR count). The summed E-state index contributed by atoms with van der Waals surface area (Å²) in [5.41, 5.74) is 0.641. The maximum absolute atomic E-state index is 11.0. The van der Waals surface area contributed by atoms with Gasteiger partial charge in [-0.25, -0.2) is 0 Å². The van der Waals surface area contributed by atoms with Gasteiger partial charge in [0.15, 0.2) is 0 Å². The quantitative estimate of drug-likeness (QED) is 0.684. The number of rotatable bonds is 4. The first-order valence-electron chi connectivity index (χ1n) is 5.46. The molecule has 0 aliphatic heterocycles. The molecule has 1 N–H and O–H groups in total. The number of aliphatic hydroxyl groups excluding tert-OH is 1. The number of hydrogen-bond acceptors (Lipinski definition) is 3. The molecule has 0 fully saturated rings. The van der Waals surface area contributed by atoms with E-state index in [2.05, 4.69) is 15.9 Å². The van der Waals surface area contributed by atoms with Gasteiger partial charge in [-0.1, -0.05) is 29.8 Å². The molecule has 1 aromatic carbocycles. The Bertz CT molecular complexity index is 410. The molecular weight excluding hydrogens is 286 g/mol. The van der Waals surface area contributed by atoms with Gasteiger partial charge in [-0.15, -0.1) is 0 Å². The molecule has 0 spiro atoms. The predicted octanol–water partition coefficient (Wildman–Crippen LogP) is 3.48. The van der Waals surface area contributed by atoms with Gasteiger partial charge in [0, 0.05) is 22.0 Å². The van der Waals surface area contributed by atoms with Crippen LogP contribution in [0.4, 0.5) is 5.69 Å². The number of nitrogens with zero attached hydrogens (tertiary/aromatic N) is 1. The molecule has 0 aliphatic rings. The maximum Gasteiger partial charge on any atom is 0.273 e. The third-order valence-corrected chi connectivity index (χ3v) is 3.28. The van der Waals surface area contributed by atoms with E-state index in [1.54, 1.807) is 19.1 Å². The van der Waals surface area contributed by atoms with E-state index in [1.165, 1.54) is 6.07 Å². The van der Waals surface area contributed by atoms with E-state index in [-0.39, 0.29) is 17.5 Å². The maximum atomic E-state index is 11.0. The highest BCUT2D eigenvalue weighted by molar-refractivity contribution is 9.10. The topological polar surface area (TPSA) is 63.4 Å². The van der Waals surface area contributed by atoms with Crippen LogP contribution in [0.25, 0.3) is 0 Å². The Balaban J connectivity index is 3.34. The fourth-order valence-electron chi connectivity index (χ4n) is 2.13. The van der Waals surface area contributed by atoms with Crippen molar-refractivity contribution < 1.29 is 10.0 Å². The standard InChI is InChI=1S/C12H16BrNO3/c1-7(2)12(8(3)15)10-6-9(13)4-5-11(10)14(16)17/h4-8,12,15H,1-3H3. The van der Waals surface area contributed by atoms with Crippen molar-refractivity contribution in [3.8, 4) is 0 Å². The molecule has 0 amide bonds. The second kappa shape index (κ2) is 5.60. The molecule has 4 nitrogen and oxygen atoms in total. The van der Waals surface area contributed by atoms with Gasteiger partial charge in [0.25, 0.3) is 5.69 Å². The molecule has 94 valence electrons. The molecule has 0 saturated carbocycles. The lowest BCUT2D eigenvalue weighted by molar-refractivity contribution is -0.386. The van der Waals surface area contributed by atoms with Gasteiger partial charge in [-0.05, 0) is 25.0 Å². The van der Waals surface area contributed by atoms with Crippen LogP contribution in [-0.2, 0) is 0 Å². The van der Waals surface area contributed by atoms with Crippen LogP contribution in [0, 0.1) is 16.0 Å². The first kappa shape index (κ1) is 14.1. The van der Waals surface area contributed by atoms with Crippen LogP contribution >= 0.6 is 15.9 Å². The van der Waals surface area contributed by atoms with Crippen molar-refractivity contribution in [2.75, 3.05) is 0 Å². The van der Waals surface area contributed by atoms with Crippen molar-refractivity contribution in [2.45, 2.75) is 32.8 Å². The minimum atomic E-state index is -0.622. The molecule has 2 atom stereocenters. The highest BCUT2D eigenvalue weighted by Crippen LogP contribution is 2.36. The minimum Gasteiger partial charge on any atom is -0.393 e. The lowest BCUT2D eigenvalue weighted by atomic mass is 9.83. The van der Waals surface area contributed by atoms with E-state index in [4.69, 9.17) is 0 Å². The first-order chi connectivity index (χ1) is 7.84. The van der Waals surface area contributed by atoms with Crippen LogP contribution in [0.1, 0.15) is 32.3 Å². The van der Waals surface area contributed by atoms with E-state index in [0.29, 0.717) is 5.56 Å². The van der Waals surface area contributed by atoms with Gasteiger partial charge in [-0.3, -0.25) is 10.1 Å². The van der Waals surface area contributed by atoms with Crippen LogP contribution < -0.4 is 0 Å². The molecule has 2 unspecified atom stereocenters. The smallest absolute Gasteiger partial charge is 0.273 e. The van der Waals surface area contributed by atoms with Crippen molar-refractivity contribution in [3.63, 3.8) is 0 Å². The molecule has 0 aliphatic carbocycles. The van der Waals surface area contributed by atoms with Crippen molar-refractivity contribution in [3.05, 3.63) is 38.3 Å². The average Bonchev–Trinajstić information content (AvgIpc) is 2.15. The SMILES string of the molecule is CC(C)C(c1cc(Br)ccc1[N+](=O)[O-])C(C)O. The zero-order chi connectivity index (χ0) is 13.2. The summed E-state index contributed by atoms with van der Waals surface area (Å²) in [6.45, 7) is 5.55. The van der Waals surface area contributed by atoms with Crippen LogP contribution in [-0.4, -0.2) is 16.1 Å². The zero-order valence-electron chi connectivity index (χ0n) is 10.1. The average molecular weight is 302 g/mol. The highest BCUT2D eigenvalue weighted by Gasteiger charge is 2.28. The van der Waals surface area contributed by atoms with Crippen molar-refractivity contribution in [1.82, 2.24) is 0 Å². The van der Waals surface area contributed by atoms with Gasteiger partial charge < -0.3 is 5.11 Å². The monoisotopic (exact) mass is 301 g/mol. The Morgan fingerprint density at radius 1 is 1.35 bits per heavy atom. The lowest BCUT2D eigenvalue weighted by Crippen LogP contribution is -2.21. The number of benzene rings is 1. The molecule has 0 bridgehead atoms. The highest BCUT2D eigenvalue weighted by atomic mass is 79.9. The van der Waals surface area contributed by atoms with Crippen molar-refractivity contribution in [1.29, 1.82) is 0 Å². The fourth-order valence-corrected chi connectivity index (χ4v) is 2.51. The molecule has 0 radical (unpaired) electrons. The number of halogens is 1. The molecule has 5 heteroatoms. The summed E-state index contributed by atoms with van der Waals surface area (Å²) in [6.07, 6.45) is -0.622. The largest absolute Gasteiger partial charge is 0.393 e. The van der Waals surface area contributed by atoms with Crippen molar-refractivity contribution in [2.24, 2.45) is 5.92 Å². The normalized spacial score (nSPS) is 14.7. The Kier molecular flexibility index (Phi) is 4.65. The number of nitro benzene ring substituents is 1. The summed E-state index contributed by atoms with van der Waals surface area (Å²) in [4.78, 5) is 10.6. The Hall–Kier alpha value is -0.940. The second-order valence-electron chi connectivity index (χ2n) is 4.47. The summed E-state index contributed by atoms with van der Waals surface area (Å²) in [5, 5.41) is 20.8. The summed E-state index contributed by atoms with van der Waals surface area (Å²) in [5.74, 6) is -0.115. The molecule has 17 heavy (non-hydrogen) atoms. The van der Waals surface area contributed by atoms with Crippen LogP contribution in [0.15, 0.2) is 22.7 Å². The van der Waals surface area contributed by atoms with E-state index in [9.17, 15) is 15.2 Å². The van der Waals surface area contributed by atoms with Gasteiger partial charge in [0.2, 0.25) is 0 Å². The molecule has 0 heterocycles. The van der Waals surface area contributed by atoms with Crippen LogP contribution in [0.5, 0.6) is 0 Å². The number of nitro groups is 1.